The number of amides is 1. The van der Waals surface area contributed by atoms with Crippen LogP contribution in [0.5, 0.6) is 0 Å². The molecule has 5 nitrogen and oxygen atoms in total. The molecular formula is C21H20F2N4O. The van der Waals surface area contributed by atoms with Gasteiger partial charge in [0.05, 0.1) is 5.69 Å². The van der Waals surface area contributed by atoms with Gasteiger partial charge in [-0.25, -0.2) is 8.78 Å². The summed E-state index contributed by atoms with van der Waals surface area (Å²) in [4.78, 5) is 14.6. The van der Waals surface area contributed by atoms with Gasteiger partial charge in [0.2, 0.25) is 0 Å². The Kier molecular flexibility index (Phi) is 5.93. The minimum Gasteiger partial charge on any atom is -0.336 e. The first-order valence-corrected chi connectivity index (χ1v) is 8.84. The third-order valence-corrected chi connectivity index (χ3v) is 4.16. The quantitative estimate of drug-likeness (QED) is 0.680. The number of rotatable bonds is 6. The number of carbonyl (C=O) groups is 1. The van der Waals surface area contributed by atoms with Crippen LogP contribution >= 0.6 is 0 Å². The number of halogens is 2. The summed E-state index contributed by atoms with van der Waals surface area (Å²) in [5.74, 6) is -1.40. The second-order valence-corrected chi connectivity index (χ2v) is 6.57. The van der Waals surface area contributed by atoms with Crippen molar-refractivity contribution in [3.8, 4) is 0 Å². The summed E-state index contributed by atoms with van der Waals surface area (Å²) in [5, 5.41) is 10.6. The molecule has 3 aromatic rings. The monoisotopic (exact) mass is 382 g/mol. The topological polar surface area (TPSA) is 58.1 Å². The van der Waals surface area contributed by atoms with E-state index in [0.29, 0.717) is 6.54 Å². The average molecular weight is 382 g/mol. The van der Waals surface area contributed by atoms with Crippen molar-refractivity contribution in [1.82, 2.24) is 15.1 Å². The number of hydrogen-bond donors (Lipinski definition) is 1. The van der Waals surface area contributed by atoms with E-state index in [1.807, 2.05) is 44.2 Å². The Morgan fingerprint density at radius 3 is 2.39 bits per heavy atom. The van der Waals surface area contributed by atoms with Crippen LogP contribution < -0.4 is 5.32 Å². The van der Waals surface area contributed by atoms with Gasteiger partial charge >= 0.3 is 0 Å². The number of nitrogens with zero attached hydrogens (tertiary/aromatic N) is 3. The highest BCUT2D eigenvalue weighted by atomic mass is 19.1. The zero-order valence-electron chi connectivity index (χ0n) is 15.6. The second-order valence-electron chi connectivity index (χ2n) is 6.57. The fourth-order valence-electron chi connectivity index (χ4n) is 2.66. The van der Waals surface area contributed by atoms with Crippen LogP contribution in [0.4, 0.5) is 20.3 Å². The molecule has 0 unspecified atom stereocenters. The summed E-state index contributed by atoms with van der Waals surface area (Å²) < 4.78 is 26.7. The SMILES string of the molecule is CC(C)N(Cc1ccccc1)C(=O)c1ccc(Nc2ccc(F)cc2F)nn1. The first kappa shape index (κ1) is 19.4. The van der Waals surface area contributed by atoms with Gasteiger partial charge in [0.1, 0.15) is 11.6 Å². The summed E-state index contributed by atoms with van der Waals surface area (Å²) in [6.07, 6.45) is 0. The second kappa shape index (κ2) is 8.56. The zero-order valence-corrected chi connectivity index (χ0v) is 15.6. The summed E-state index contributed by atoms with van der Waals surface area (Å²) in [5.41, 5.74) is 1.28. The highest BCUT2D eigenvalue weighted by Gasteiger charge is 2.21. The number of aromatic nitrogens is 2. The van der Waals surface area contributed by atoms with E-state index >= 15 is 0 Å². The lowest BCUT2D eigenvalue weighted by Gasteiger charge is -2.26. The molecule has 0 radical (unpaired) electrons. The predicted molar refractivity (Wildman–Crippen MR) is 103 cm³/mol. The standard InChI is InChI=1S/C21H20F2N4O/c1-14(2)27(13-15-6-4-3-5-7-15)21(28)19-10-11-20(26-25-19)24-18-9-8-16(22)12-17(18)23/h3-12,14H,13H2,1-2H3,(H,24,26). The lowest BCUT2D eigenvalue weighted by molar-refractivity contribution is 0.0683. The van der Waals surface area contributed by atoms with E-state index in [0.717, 1.165) is 17.7 Å². The third kappa shape index (κ3) is 4.68. The Bertz CT molecular complexity index is 946. The molecular weight excluding hydrogens is 362 g/mol. The molecule has 0 saturated heterocycles. The maximum atomic E-state index is 13.7. The highest BCUT2D eigenvalue weighted by Crippen LogP contribution is 2.19. The summed E-state index contributed by atoms with van der Waals surface area (Å²) in [6.45, 7) is 4.32. The molecule has 1 aromatic heterocycles. The van der Waals surface area contributed by atoms with Gasteiger partial charge in [0, 0.05) is 18.7 Å². The molecule has 3 rings (SSSR count). The van der Waals surface area contributed by atoms with Crippen molar-refractivity contribution in [2.24, 2.45) is 0 Å². The van der Waals surface area contributed by atoms with Crippen LogP contribution in [0.1, 0.15) is 29.9 Å². The summed E-state index contributed by atoms with van der Waals surface area (Å²) in [7, 11) is 0. The molecule has 7 heteroatoms. The molecule has 1 amide bonds. The third-order valence-electron chi connectivity index (χ3n) is 4.16. The highest BCUT2D eigenvalue weighted by molar-refractivity contribution is 5.92. The smallest absolute Gasteiger partial charge is 0.274 e. The van der Waals surface area contributed by atoms with Gasteiger partial charge in [-0.05, 0) is 43.7 Å². The van der Waals surface area contributed by atoms with Crippen LogP contribution in [0.15, 0.2) is 60.7 Å². The number of anilines is 2. The van der Waals surface area contributed by atoms with Gasteiger partial charge in [-0.1, -0.05) is 30.3 Å². The van der Waals surface area contributed by atoms with Crippen LogP contribution in [0, 0.1) is 11.6 Å². The Morgan fingerprint density at radius 2 is 1.79 bits per heavy atom. The van der Waals surface area contributed by atoms with Crippen LogP contribution in [0.2, 0.25) is 0 Å². The van der Waals surface area contributed by atoms with Crippen LogP contribution in [0.3, 0.4) is 0 Å². The fourth-order valence-corrected chi connectivity index (χ4v) is 2.66. The molecule has 0 atom stereocenters. The normalized spacial score (nSPS) is 10.8. The van der Waals surface area contributed by atoms with Crippen molar-refractivity contribution in [3.05, 3.63) is 83.6 Å². The van der Waals surface area contributed by atoms with E-state index in [1.54, 1.807) is 4.90 Å². The summed E-state index contributed by atoms with van der Waals surface area (Å²) >= 11 is 0. The number of nitrogens with one attached hydrogen (secondary N) is 1. The fraction of sp³-hybridized carbons (Fsp3) is 0.190. The van der Waals surface area contributed by atoms with Crippen molar-refractivity contribution in [1.29, 1.82) is 0 Å². The summed E-state index contributed by atoms with van der Waals surface area (Å²) in [6, 6.07) is 15.9. The molecule has 2 aromatic carbocycles. The molecule has 0 bridgehead atoms. The van der Waals surface area contributed by atoms with Gasteiger partial charge in [0.15, 0.2) is 11.5 Å². The van der Waals surface area contributed by atoms with E-state index in [1.165, 1.54) is 18.2 Å². The van der Waals surface area contributed by atoms with Crippen LogP contribution in [-0.4, -0.2) is 27.0 Å². The number of hydrogen-bond acceptors (Lipinski definition) is 4. The molecule has 0 aliphatic rings. The van der Waals surface area contributed by atoms with E-state index < -0.39 is 11.6 Å². The molecule has 0 spiro atoms. The lowest BCUT2D eigenvalue weighted by atomic mass is 10.1. The Hall–Kier alpha value is -3.35. The molecule has 0 saturated carbocycles. The van der Waals surface area contributed by atoms with Gasteiger partial charge in [-0.15, -0.1) is 10.2 Å². The van der Waals surface area contributed by atoms with E-state index in [-0.39, 0.29) is 29.1 Å². The Balaban J connectivity index is 1.74. The molecule has 144 valence electrons. The molecule has 0 aliphatic heterocycles. The van der Waals surface area contributed by atoms with Crippen molar-refractivity contribution in [3.63, 3.8) is 0 Å². The van der Waals surface area contributed by atoms with Gasteiger partial charge in [-0.3, -0.25) is 4.79 Å². The number of benzene rings is 2. The van der Waals surface area contributed by atoms with Crippen LogP contribution in [0.25, 0.3) is 0 Å². The van der Waals surface area contributed by atoms with Gasteiger partial charge < -0.3 is 10.2 Å². The van der Waals surface area contributed by atoms with Crippen molar-refractivity contribution in [2.75, 3.05) is 5.32 Å². The molecule has 0 fully saturated rings. The Labute approximate surface area is 162 Å². The minimum absolute atomic E-state index is 0.0272. The molecule has 0 aliphatic carbocycles. The Morgan fingerprint density at radius 1 is 1.04 bits per heavy atom. The van der Waals surface area contributed by atoms with Gasteiger partial charge in [0.25, 0.3) is 5.91 Å². The van der Waals surface area contributed by atoms with E-state index in [9.17, 15) is 13.6 Å². The lowest BCUT2D eigenvalue weighted by Crippen LogP contribution is -2.37. The molecule has 1 heterocycles. The minimum atomic E-state index is -0.740. The van der Waals surface area contributed by atoms with E-state index in [4.69, 9.17) is 0 Å². The maximum absolute atomic E-state index is 13.7. The average Bonchev–Trinajstić information content (AvgIpc) is 2.69. The zero-order chi connectivity index (χ0) is 20.1. The van der Waals surface area contributed by atoms with Gasteiger partial charge in [-0.2, -0.15) is 0 Å². The molecule has 1 N–H and O–H groups in total. The first-order chi connectivity index (χ1) is 13.4. The van der Waals surface area contributed by atoms with Crippen molar-refractivity contribution >= 4 is 17.4 Å². The van der Waals surface area contributed by atoms with Crippen molar-refractivity contribution < 1.29 is 13.6 Å². The van der Waals surface area contributed by atoms with E-state index in [2.05, 4.69) is 15.5 Å². The molecule has 28 heavy (non-hydrogen) atoms. The predicted octanol–water partition coefficient (Wildman–Crippen LogP) is 4.55. The number of carbonyl (C=O) groups excluding carboxylic acids is 1. The largest absolute Gasteiger partial charge is 0.336 e. The van der Waals surface area contributed by atoms with Crippen LogP contribution in [-0.2, 0) is 6.54 Å². The van der Waals surface area contributed by atoms with Crippen molar-refractivity contribution in [2.45, 2.75) is 26.4 Å². The first-order valence-electron chi connectivity index (χ1n) is 8.84. The maximum Gasteiger partial charge on any atom is 0.274 e.